The van der Waals surface area contributed by atoms with Crippen LogP contribution >= 0.6 is 0 Å². The highest BCUT2D eigenvalue weighted by Gasteiger charge is 2.15. The maximum atomic E-state index is 12.8. The van der Waals surface area contributed by atoms with Crippen molar-refractivity contribution < 1.29 is 14.3 Å². The number of hydrogen-bond donors (Lipinski definition) is 2. The van der Waals surface area contributed by atoms with Crippen molar-refractivity contribution in [3.63, 3.8) is 0 Å². The van der Waals surface area contributed by atoms with E-state index in [2.05, 4.69) is 47.6 Å². The van der Waals surface area contributed by atoms with Crippen LogP contribution in [0.15, 0.2) is 60.8 Å². The number of piperazine rings is 1. The number of hydrogen-bond acceptors (Lipinski definition) is 9. The van der Waals surface area contributed by atoms with Crippen LogP contribution in [0.5, 0.6) is 11.5 Å². The third-order valence-corrected chi connectivity index (χ3v) is 6.30. The fourth-order valence-electron chi connectivity index (χ4n) is 4.09. The fourth-order valence-corrected chi connectivity index (χ4v) is 4.09. The molecule has 0 aliphatic carbocycles. The molecule has 0 bridgehead atoms. The molecule has 2 amide bonds. The monoisotopic (exact) mass is 512 g/mol. The summed E-state index contributed by atoms with van der Waals surface area (Å²) >= 11 is 0. The van der Waals surface area contributed by atoms with E-state index in [1.165, 1.54) is 18.8 Å². The number of nitrogens with zero attached hydrogens (tertiary/aromatic N) is 6. The summed E-state index contributed by atoms with van der Waals surface area (Å²) in [6.45, 7) is 5.08. The van der Waals surface area contributed by atoms with Gasteiger partial charge in [0.2, 0.25) is 5.95 Å². The van der Waals surface area contributed by atoms with Gasteiger partial charge in [-0.3, -0.25) is 24.8 Å². The Morgan fingerprint density at radius 2 is 1.66 bits per heavy atom. The Labute approximate surface area is 219 Å². The molecule has 1 aliphatic rings. The van der Waals surface area contributed by atoms with E-state index in [1.54, 1.807) is 30.3 Å². The number of pyridine rings is 1. The van der Waals surface area contributed by atoms with E-state index >= 15 is 0 Å². The summed E-state index contributed by atoms with van der Waals surface area (Å²) in [5, 5.41) is 13.4. The van der Waals surface area contributed by atoms with E-state index in [-0.39, 0.29) is 23.5 Å². The predicted molar refractivity (Wildman–Crippen MR) is 142 cm³/mol. The van der Waals surface area contributed by atoms with E-state index in [1.807, 2.05) is 24.3 Å². The van der Waals surface area contributed by atoms with Crippen LogP contribution in [0.2, 0.25) is 0 Å². The Kier molecular flexibility index (Phi) is 7.47. The number of ether oxygens (including phenoxy) is 1. The van der Waals surface area contributed by atoms with Gasteiger partial charge in [0, 0.05) is 63.7 Å². The van der Waals surface area contributed by atoms with E-state index in [0.29, 0.717) is 28.1 Å². The van der Waals surface area contributed by atoms with Gasteiger partial charge in [-0.15, -0.1) is 10.2 Å². The summed E-state index contributed by atoms with van der Waals surface area (Å²) in [4.78, 5) is 37.8. The second kappa shape index (κ2) is 11.3. The Morgan fingerprint density at radius 3 is 2.42 bits per heavy atom. The number of benzene rings is 2. The quantitative estimate of drug-likeness (QED) is 0.384. The van der Waals surface area contributed by atoms with Gasteiger partial charge in [0.1, 0.15) is 22.7 Å². The molecule has 11 nitrogen and oxygen atoms in total. The molecule has 1 saturated heterocycles. The number of carbonyl (C=O) groups excluding carboxylic acids is 2. The second-order valence-electron chi connectivity index (χ2n) is 9.07. The SMILES string of the molecule is CNC(=O)c1cc(Oc2ccc3nnc(NC(=O)c4ccc(CN5CCN(C)CC5)cc4)nc3c2)ccn1. The van der Waals surface area contributed by atoms with Crippen LogP contribution in [0.4, 0.5) is 5.95 Å². The number of rotatable bonds is 7. The Bertz CT molecular complexity index is 1450. The normalized spacial score (nSPS) is 14.3. The van der Waals surface area contributed by atoms with Crippen molar-refractivity contribution in [2.24, 2.45) is 0 Å². The Morgan fingerprint density at radius 1 is 0.895 bits per heavy atom. The molecule has 3 heterocycles. The maximum absolute atomic E-state index is 12.8. The van der Waals surface area contributed by atoms with E-state index in [9.17, 15) is 9.59 Å². The highest BCUT2D eigenvalue weighted by Crippen LogP contribution is 2.24. The van der Waals surface area contributed by atoms with Gasteiger partial charge in [-0.05, 0) is 42.9 Å². The fraction of sp³-hybridized carbons (Fsp3) is 0.259. The van der Waals surface area contributed by atoms with Crippen molar-refractivity contribution in [1.29, 1.82) is 0 Å². The molecule has 0 atom stereocenters. The minimum Gasteiger partial charge on any atom is -0.457 e. The third kappa shape index (κ3) is 6.07. The molecule has 0 spiro atoms. The number of fused-ring (bicyclic) bond motifs is 1. The summed E-state index contributed by atoms with van der Waals surface area (Å²) in [5.41, 5.74) is 2.96. The summed E-state index contributed by atoms with van der Waals surface area (Å²) in [6, 6.07) is 15.9. The van der Waals surface area contributed by atoms with E-state index in [0.717, 1.165) is 32.7 Å². The van der Waals surface area contributed by atoms with Crippen LogP contribution < -0.4 is 15.4 Å². The zero-order chi connectivity index (χ0) is 26.5. The largest absolute Gasteiger partial charge is 0.457 e. The molecular formula is C27H28N8O3. The van der Waals surface area contributed by atoms with Crippen molar-refractivity contribution in [3.8, 4) is 11.5 Å². The van der Waals surface area contributed by atoms with Crippen LogP contribution in [0, 0.1) is 0 Å². The molecule has 194 valence electrons. The number of anilines is 1. The zero-order valence-corrected chi connectivity index (χ0v) is 21.2. The minimum atomic E-state index is -0.316. The summed E-state index contributed by atoms with van der Waals surface area (Å²) < 4.78 is 5.88. The van der Waals surface area contributed by atoms with Crippen LogP contribution in [-0.2, 0) is 6.54 Å². The molecule has 1 fully saturated rings. The lowest BCUT2D eigenvalue weighted by atomic mass is 10.1. The number of aromatic nitrogens is 4. The van der Waals surface area contributed by atoms with Gasteiger partial charge < -0.3 is 15.0 Å². The average Bonchev–Trinajstić information content (AvgIpc) is 2.94. The average molecular weight is 513 g/mol. The van der Waals surface area contributed by atoms with Gasteiger partial charge in [-0.1, -0.05) is 12.1 Å². The first-order valence-electron chi connectivity index (χ1n) is 12.3. The van der Waals surface area contributed by atoms with Crippen molar-refractivity contribution in [2.75, 3.05) is 45.6 Å². The van der Waals surface area contributed by atoms with Crippen molar-refractivity contribution >= 4 is 28.8 Å². The minimum absolute atomic E-state index is 0.0898. The number of nitrogens with one attached hydrogen (secondary N) is 2. The highest BCUT2D eigenvalue weighted by atomic mass is 16.5. The molecular weight excluding hydrogens is 484 g/mol. The molecule has 0 radical (unpaired) electrons. The van der Waals surface area contributed by atoms with Crippen molar-refractivity contribution in [1.82, 2.24) is 35.3 Å². The van der Waals surface area contributed by atoms with Gasteiger partial charge in [-0.2, -0.15) is 0 Å². The summed E-state index contributed by atoms with van der Waals surface area (Å²) in [5.74, 6) is 0.399. The van der Waals surface area contributed by atoms with E-state index < -0.39 is 0 Å². The molecule has 38 heavy (non-hydrogen) atoms. The maximum Gasteiger partial charge on any atom is 0.269 e. The Hall–Kier alpha value is -4.48. The zero-order valence-electron chi connectivity index (χ0n) is 21.2. The molecule has 2 aromatic carbocycles. The lowest BCUT2D eigenvalue weighted by Crippen LogP contribution is -2.43. The summed E-state index contributed by atoms with van der Waals surface area (Å²) in [7, 11) is 3.67. The number of amides is 2. The topological polar surface area (TPSA) is 125 Å². The standard InChI is InChI=1S/C27H28N8O3/c1-28-26(37)24-16-21(9-10-29-24)38-20-7-8-22-23(15-20)30-27(33-32-22)31-25(36)19-5-3-18(4-6-19)17-35-13-11-34(2)12-14-35/h3-10,15-16H,11-14,17H2,1-2H3,(H,28,37)(H,30,31,33,36). The smallest absolute Gasteiger partial charge is 0.269 e. The van der Waals surface area contributed by atoms with Gasteiger partial charge in [-0.25, -0.2) is 4.98 Å². The van der Waals surface area contributed by atoms with Crippen LogP contribution in [0.3, 0.4) is 0 Å². The lowest BCUT2D eigenvalue weighted by Gasteiger charge is -2.32. The van der Waals surface area contributed by atoms with Crippen LogP contribution in [-0.4, -0.2) is 82.1 Å². The molecule has 4 aromatic rings. The van der Waals surface area contributed by atoms with Crippen molar-refractivity contribution in [3.05, 3.63) is 77.6 Å². The predicted octanol–water partition coefficient (Wildman–Crippen LogP) is 2.57. The van der Waals surface area contributed by atoms with Gasteiger partial charge in [0.05, 0.1) is 5.52 Å². The number of likely N-dealkylation sites (N-methyl/N-ethyl adjacent to an activating group) is 1. The lowest BCUT2D eigenvalue weighted by molar-refractivity contribution is 0.0957. The molecule has 1 aliphatic heterocycles. The molecule has 0 unspecified atom stereocenters. The van der Waals surface area contributed by atoms with Gasteiger partial charge in [0.15, 0.2) is 0 Å². The molecule has 2 N–H and O–H groups in total. The second-order valence-corrected chi connectivity index (χ2v) is 9.07. The third-order valence-electron chi connectivity index (χ3n) is 6.30. The first kappa shape index (κ1) is 25.2. The first-order valence-corrected chi connectivity index (χ1v) is 12.3. The first-order chi connectivity index (χ1) is 18.5. The Balaban J connectivity index is 1.25. The van der Waals surface area contributed by atoms with Gasteiger partial charge >= 0.3 is 0 Å². The highest BCUT2D eigenvalue weighted by molar-refractivity contribution is 6.03. The molecule has 11 heteroatoms. The van der Waals surface area contributed by atoms with Gasteiger partial charge in [0.25, 0.3) is 11.8 Å². The van der Waals surface area contributed by atoms with Crippen LogP contribution in [0.1, 0.15) is 26.4 Å². The molecule has 2 aromatic heterocycles. The van der Waals surface area contributed by atoms with Crippen molar-refractivity contribution in [2.45, 2.75) is 6.54 Å². The van der Waals surface area contributed by atoms with Crippen LogP contribution in [0.25, 0.3) is 11.0 Å². The number of carbonyl (C=O) groups is 2. The molecule has 5 rings (SSSR count). The molecule has 0 saturated carbocycles. The van der Waals surface area contributed by atoms with E-state index in [4.69, 9.17) is 4.74 Å². The summed E-state index contributed by atoms with van der Waals surface area (Å²) in [6.07, 6.45) is 1.50.